The lowest BCUT2D eigenvalue weighted by Gasteiger charge is -2.24. The number of carbonyl (C=O) groups is 2. The molecule has 1 aliphatic rings. The van der Waals surface area contributed by atoms with E-state index in [0.717, 1.165) is 16.7 Å². The van der Waals surface area contributed by atoms with Crippen LogP contribution in [0.2, 0.25) is 0 Å². The van der Waals surface area contributed by atoms with E-state index in [2.05, 4.69) is 10.3 Å². The van der Waals surface area contributed by atoms with Gasteiger partial charge in [0.15, 0.2) is 0 Å². The number of nitrogens with zero attached hydrogens (tertiary/aromatic N) is 1. The number of pyridine rings is 1. The van der Waals surface area contributed by atoms with Crippen molar-refractivity contribution in [3.63, 3.8) is 0 Å². The average Bonchev–Trinajstić information content (AvgIpc) is 2.62. The van der Waals surface area contributed by atoms with Crippen molar-refractivity contribution in [1.82, 2.24) is 10.3 Å². The summed E-state index contributed by atoms with van der Waals surface area (Å²) in [6, 6.07) is 10.0. The zero-order chi connectivity index (χ0) is 16.9. The molecule has 0 amide bonds. The number of hydrogen-bond acceptors (Lipinski definition) is 6. The minimum atomic E-state index is -0.894. The van der Waals surface area contributed by atoms with Gasteiger partial charge in [0.1, 0.15) is 12.1 Å². The highest BCUT2D eigenvalue weighted by Crippen LogP contribution is 2.17. The third-order valence-corrected chi connectivity index (χ3v) is 4.05. The molecule has 1 unspecified atom stereocenters. The molecule has 2 heterocycles. The van der Waals surface area contributed by atoms with E-state index in [1.54, 1.807) is 18.5 Å². The lowest BCUT2D eigenvalue weighted by Crippen LogP contribution is -2.45. The van der Waals surface area contributed by atoms with Crippen LogP contribution in [0.3, 0.4) is 0 Å². The van der Waals surface area contributed by atoms with Crippen LogP contribution in [0.4, 0.5) is 0 Å². The quantitative estimate of drug-likeness (QED) is 0.636. The van der Waals surface area contributed by atoms with E-state index in [0.29, 0.717) is 13.0 Å². The van der Waals surface area contributed by atoms with Gasteiger partial charge in [-0.25, -0.2) is 9.59 Å². The Morgan fingerprint density at radius 3 is 2.79 bits per heavy atom. The number of carbonyl (C=O) groups excluding carboxylic acids is 2. The predicted molar refractivity (Wildman–Crippen MR) is 87.8 cm³/mol. The number of benzene rings is 1. The molecule has 0 bridgehead atoms. The summed E-state index contributed by atoms with van der Waals surface area (Å²) in [4.78, 5) is 28.2. The number of nitrogens with two attached hydrogens (primary N) is 1. The molecular weight excluding hydrogens is 306 g/mol. The van der Waals surface area contributed by atoms with E-state index in [-0.39, 0.29) is 6.42 Å². The van der Waals surface area contributed by atoms with Gasteiger partial charge in [0, 0.05) is 18.9 Å². The Hall–Kier alpha value is -2.57. The van der Waals surface area contributed by atoms with Crippen LogP contribution in [-0.2, 0) is 33.7 Å². The van der Waals surface area contributed by atoms with Gasteiger partial charge < -0.3 is 10.5 Å². The number of aromatic nitrogens is 1. The smallest absolute Gasteiger partial charge is 0.331 e. The maximum absolute atomic E-state index is 12.2. The monoisotopic (exact) mass is 325 g/mol. The molecule has 0 saturated heterocycles. The van der Waals surface area contributed by atoms with Gasteiger partial charge in [0.05, 0.1) is 0 Å². The average molecular weight is 325 g/mol. The number of hydrogen-bond donors (Lipinski definition) is 2. The maximum Gasteiger partial charge on any atom is 0.331 e. The van der Waals surface area contributed by atoms with E-state index < -0.39 is 24.0 Å². The zero-order valence-electron chi connectivity index (χ0n) is 13.1. The molecule has 24 heavy (non-hydrogen) atoms. The van der Waals surface area contributed by atoms with Crippen LogP contribution in [0.1, 0.15) is 16.7 Å². The van der Waals surface area contributed by atoms with Crippen LogP contribution in [0, 0.1) is 0 Å². The SMILES string of the molecule is NC(Cc1cccnc1)C(=O)OC(=O)[C@@H]1Cc2ccccc2CN1. The van der Waals surface area contributed by atoms with Gasteiger partial charge in [-0.2, -0.15) is 0 Å². The first kappa shape index (κ1) is 16.3. The van der Waals surface area contributed by atoms with Crippen molar-refractivity contribution in [1.29, 1.82) is 0 Å². The van der Waals surface area contributed by atoms with Gasteiger partial charge in [-0.3, -0.25) is 10.3 Å². The standard InChI is InChI=1S/C18H19N3O3/c19-15(8-12-4-3-7-20-10-12)17(22)24-18(23)16-9-13-5-1-2-6-14(13)11-21-16/h1-7,10,15-16,21H,8-9,11,19H2/t15?,16-/m0/s1. The first-order valence-corrected chi connectivity index (χ1v) is 7.83. The summed E-state index contributed by atoms with van der Waals surface area (Å²) in [6.45, 7) is 0.575. The van der Waals surface area contributed by atoms with Crippen molar-refractivity contribution in [3.05, 3.63) is 65.5 Å². The fourth-order valence-electron chi connectivity index (χ4n) is 2.72. The number of nitrogens with one attached hydrogen (secondary N) is 1. The molecule has 3 N–H and O–H groups in total. The second kappa shape index (κ2) is 7.33. The summed E-state index contributed by atoms with van der Waals surface area (Å²) in [5.74, 6) is -1.30. The third-order valence-electron chi connectivity index (χ3n) is 4.05. The molecule has 2 aromatic rings. The summed E-state index contributed by atoms with van der Waals surface area (Å²) >= 11 is 0. The van der Waals surface area contributed by atoms with Gasteiger partial charge in [0.2, 0.25) is 0 Å². The van der Waals surface area contributed by atoms with Crippen molar-refractivity contribution in [2.45, 2.75) is 31.5 Å². The summed E-state index contributed by atoms with van der Waals surface area (Å²) in [5.41, 5.74) is 8.89. The lowest BCUT2D eigenvalue weighted by molar-refractivity contribution is -0.162. The van der Waals surface area contributed by atoms with Crippen molar-refractivity contribution in [2.75, 3.05) is 0 Å². The molecule has 0 fully saturated rings. The second-order valence-electron chi connectivity index (χ2n) is 5.82. The molecule has 124 valence electrons. The fraction of sp³-hybridized carbons (Fsp3) is 0.278. The molecule has 0 aliphatic carbocycles. The molecular formula is C18H19N3O3. The number of ether oxygens (including phenoxy) is 1. The number of esters is 2. The molecule has 3 rings (SSSR count). The zero-order valence-corrected chi connectivity index (χ0v) is 13.1. The Kier molecular flexibility index (Phi) is 4.98. The molecule has 2 atom stereocenters. The highest BCUT2D eigenvalue weighted by Gasteiger charge is 2.28. The van der Waals surface area contributed by atoms with Gasteiger partial charge in [-0.15, -0.1) is 0 Å². The summed E-state index contributed by atoms with van der Waals surface area (Å²) in [5, 5.41) is 3.09. The Balaban J connectivity index is 1.56. The Morgan fingerprint density at radius 1 is 1.25 bits per heavy atom. The first-order valence-electron chi connectivity index (χ1n) is 7.83. The van der Waals surface area contributed by atoms with Crippen molar-refractivity contribution >= 4 is 11.9 Å². The van der Waals surface area contributed by atoms with Crippen molar-refractivity contribution in [3.8, 4) is 0 Å². The normalized spacial score (nSPS) is 17.6. The topological polar surface area (TPSA) is 94.3 Å². The summed E-state index contributed by atoms with van der Waals surface area (Å²) < 4.78 is 4.95. The van der Waals surface area contributed by atoms with E-state index in [1.165, 1.54) is 0 Å². The van der Waals surface area contributed by atoms with Gasteiger partial charge in [-0.1, -0.05) is 30.3 Å². The largest absolute Gasteiger partial charge is 0.391 e. The molecule has 0 radical (unpaired) electrons. The van der Waals surface area contributed by atoms with Crippen LogP contribution < -0.4 is 11.1 Å². The van der Waals surface area contributed by atoms with Gasteiger partial charge >= 0.3 is 11.9 Å². The number of fused-ring (bicyclic) bond motifs is 1. The van der Waals surface area contributed by atoms with E-state index >= 15 is 0 Å². The van der Waals surface area contributed by atoms with Gasteiger partial charge in [0.25, 0.3) is 0 Å². The number of rotatable bonds is 4. The van der Waals surface area contributed by atoms with Crippen molar-refractivity contribution in [2.24, 2.45) is 5.73 Å². The lowest BCUT2D eigenvalue weighted by atomic mass is 9.96. The molecule has 0 spiro atoms. The molecule has 1 aliphatic heterocycles. The Bertz CT molecular complexity index is 733. The molecule has 6 heteroatoms. The fourth-order valence-corrected chi connectivity index (χ4v) is 2.72. The maximum atomic E-state index is 12.2. The van der Waals surface area contributed by atoms with Crippen LogP contribution in [0.15, 0.2) is 48.8 Å². The Labute approximate surface area is 140 Å². The summed E-state index contributed by atoms with van der Waals surface area (Å²) in [6.07, 6.45) is 4.05. The summed E-state index contributed by atoms with van der Waals surface area (Å²) in [7, 11) is 0. The van der Waals surface area contributed by atoms with Crippen LogP contribution in [-0.4, -0.2) is 29.0 Å². The molecule has 1 aromatic carbocycles. The molecule has 1 aromatic heterocycles. The van der Waals surface area contributed by atoms with E-state index in [1.807, 2.05) is 30.3 Å². The van der Waals surface area contributed by atoms with E-state index in [9.17, 15) is 9.59 Å². The molecule has 6 nitrogen and oxygen atoms in total. The van der Waals surface area contributed by atoms with Gasteiger partial charge in [-0.05, 0) is 35.6 Å². The first-order chi connectivity index (χ1) is 11.6. The van der Waals surface area contributed by atoms with Crippen LogP contribution >= 0.6 is 0 Å². The van der Waals surface area contributed by atoms with Crippen molar-refractivity contribution < 1.29 is 14.3 Å². The molecule has 0 saturated carbocycles. The third kappa shape index (κ3) is 3.84. The van der Waals surface area contributed by atoms with Crippen LogP contribution in [0.5, 0.6) is 0 Å². The minimum absolute atomic E-state index is 0.279. The van der Waals surface area contributed by atoms with E-state index in [4.69, 9.17) is 10.5 Å². The highest BCUT2D eigenvalue weighted by atomic mass is 16.6. The Morgan fingerprint density at radius 2 is 2.04 bits per heavy atom. The van der Waals surface area contributed by atoms with Crippen LogP contribution in [0.25, 0.3) is 0 Å². The highest BCUT2D eigenvalue weighted by molar-refractivity contribution is 5.91. The second-order valence-corrected chi connectivity index (χ2v) is 5.82. The predicted octanol–water partition coefficient (Wildman–Crippen LogP) is 0.736. The minimum Gasteiger partial charge on any atom is -0.391 e.